The van der Waals surface area contributed by atoms with E-state index >= 15 is 0 Å². The summed E-state index contributed by atoms with van der Waals surface area (Å²) < 4.78 is 6.29. The average molecular weight is 346 g/mol. The molecule has 0 bridgehead atoms. The number of nitrogens with zero attached hydrogens (tertiary/aromatic N) is 2. The van der Waals surface area contributed by atoms with Crippen LogP contribution in [0.1, 0.15) is 32.0 Å². The molecule has 0 unspecified atom stereocenters. The standard InChI is InChI=1S/C12H15IN2O2/c1-12(2,3)17-11(16)15-6-8-4-5-10(13)14-9(8)7-15/h4-5H,6-7H2,1-3H3. The van der Waals surface area contributed by atoms with E-state index in [1.165, 1.54) is 0 Å². The Balaban J connectivity index is 2.07. The fourth-order valence-electron chi connectivity index (χ4n) is 1.68. The van der Waals surface area contributed by atoms with Gasteiger partial charge in [0.2, 0.25) is 0 Å². The van der Waals surface area contributed by atoms with Crippen LogP contribution in [0.2, 0.25) is 0 Å². The number of carbonyl (C=O) groups excluding carboxylic acids is 1. The van der Waals surface area contributed by atoms with Gasteiger partial charge in [-0.3, -0.25) is 4.90 Å². The van der Waals surface area contributed by atoms with Crippen LogP contribution in [-0.2, 0) is 17.8 Å². The Bertz CT molecular complexity index is 454. The van der Waals surface area contributed by atoms with Crippen LogP contribution in [0.5, 0.6) is 0 Å². The lowest BCUT2D eigenvalue weighted by atomic mass is 10.2. The van der Waals surface area contributed by atoms with Crippen LogP contribution in [0, 0.1) is 3.70 Å². The summed E-state index contributed by atoms with van der Waals surface area (Å²) in [6, 6.07) is 3.98. The highest BCUT2D eigenvalue weighted by Gasteiger charge is 2.28. The van der Waals surface area contributed by atoms with Crippen LogP contribution < -0.4 is 0 Å². The molecule has 4 nitrogen and oxygen atoms in total. The quantitative estimate of drug-likeness (QED) is 0.536. The van der Waals surface area contributed by atoms with Gasteiger partial charge in [0, 0.05) is 0 Å². The van der Waals surface area contributed by atoms with Crippen LogP contribution in [0.15, 0.2) is 12.1 Å². The molecule has 0 saturated carbocycles. The molecule has 0 atom stereocenters. The van der Waals surface area contributed by atoms with E-state index in [1.807, 2.05) is 32.9 Å². The van der Waals surface area contributed by atoms with E-state index in [2.05, 4.69) is 27.6 Å². The lowest BCUT2D eigenvalue weighted by molar-refractivity contribution is 0.0240. The van der Waals surface area contributed by atoms with E-state index in [9.17, 15) is 4.79 Å². The van der Waals surface area contributed by atoms with E-state index in [1.54, 1.807) is 4.90 Å². The zero-order chi connectivity index (χ0) is 12.6. The Labute approximate surface area is 114 Å². The molecular formula is C12H15IN2O2. The molecule has 0 aromatic carbocycles. The summed E-state index contributed by atoms with van der Waals surface area (Å²) >= 11 is 2.17. The first-order valence-corrected chi connectivity index (χ1v) is 6.55. The summed E-state index contributed by atoms with van der Waals surface area (Å²) in [4.78, 5) is 18.0. The minimum Gasteiger partial charge on any atom is -0.444 e. The third kappa shape index (κ3) is 3.08. The molecule has 2 rings (SSSR count). The number of carbonyl (C=O) groups is 1. The van der Waals surface area contributed by atoms with Gasteiger partial charge in [0.05, 0.1) is 18.8 Å². The van der Waals surface area contributed by atoms with Gasteiger partial charge in [0.1, 0.15) is 9.30 Å². The third-order valence-electron chi connectivity index (χ3n) is 2.39. The molecule has 1 aliphatic rings. The van der Waals surface area contributed by atoms with E-state index in [0.29, 0.717) is 13.1 Å². The van der Waals surface area contributed by atoms with Gasteiger partial charge < -0.3 is 4.74 Å². The summed E-state index contributed by atoms with van der Waals surface area (Å²) in [7, 11) is 0. The minimum atomic E-state index is -0.451. The fraction of sp³-hybridized carbons (Fsp3) is 0.500. The predicted octanol–water partition coefficient (Wildman–Crippen LogP) is 2.94. The van der Waals surface area contributed by atoms with Crippen molar-refractivity contribution < 1.29 is 9.53 Å². The fourth-order valence-corrected chi connectivity index (χ4v) is 2.15. The van der Waals surface area contributed by atoms with Gasteiger partial charge in [-0.2, -0.15) is 0 Å². The van der Waals surface area contributed by atoms with Crippen LogP contribution in [-0.4, -0.2) is 21.6 Å². The number of amides is 1. The van der Waals surface area contributed by atoms with Gasteiger partial charge in [0.15, 0.2) is 0 Å². The molecule has 0 spiro atoms. The molecule has 5 heteroatoms. The number of aromatic nitrogens is 1. The Morgan fingerprint density at radius 2 is 2.12 bits per heavy atom. The molecule has 0 aliphatic carbocycles. The van der Waals surface area contributed by atoms with Crippen LogP contribution in [0.4, 0.5) is 4.79 Å². The molecule has 1 aromatic heterocycles. The molecule has 2 heterocycles. The summed E-state index contributed by atoms with van der Waals surface area (Å²) in [6.07, 6.45) is -0.273. The van der Waals surface area contributed by atoms with Gasteiger partial charge in [-0.1, -0.05) is 6.07 Å². The first-order valence-electron chi connectivity index (χ1n) is 5.47. The SMILES string of the molecule is CC(C)(C)OC(=O)N1Cc2ccc(I)nc2C1. The third-order valence-corrected chi connectivity index (χ3v) is 2.99. The topological polar surface area (TPSA) is 42.4 Å². The summed E-state index contributed by atoms with van der Waals surface area (Å²) in [6.45, 7) is 6.75. The number of hydrogen-bond donors (Lipinski definition) is 0. The molecule has 1 aliphatic heterocycles. The van der Waals surface area contributed by atoms with Crippen molar-refractivity contribution in [1.82, 2.24) is 9.88 Å². The Morgan fingerprint density at radius 3 is 2.76 bits per heavy atom. The van der Waals surface area contributed by atoms with Gasteiger partial charge >= 0.3 is 6.09 Å². The van der Waals surface area contributed by atoms with Crippen molar-refractivity contribution in [3.63, 3.8) is 0 Å². The molecule has 0 N–H and O–H groups in total. The second kappa shape index (κ2) is 4.44. The maximum Gasteiger partial charge on any atom is 0.410 e. The highest BCUT2D eigenvalue weighted by molar-refractivity contribution is 14.1. The monoisotopic (exact) mass is 346 g/mol. The van der Waals surface area contributed by atoms with Crippen LogP contribution >= 0.6 is 22.6 Å². The van der Waals surface area contributed by atoms with Crippen molar-refractivity contribution in [2.75, 3.05) is 0 Å². The molecule has 1 amide bonds. The number of pyridine rings is 1. The first kappa shape index (κ1) is 12.6. The van der Waals surface area contributed by atoms with Crippen molar-refractivity contribution >= 4 is 28.7 Å². The molecule has 92 valence electrons. The Kier molecular flexibility index (Phi) is 3.29. The second-order valence-electron chi connectivity index (χ2n) is 5.08. The largest absolute Gasteiger partial charge is 0.444 e. The number of ether oxygens (including phenoxy) is 1. The van der Waals surface area contributed by atoms with Gasteiger partial charge in [-0.15, -0.1) is 0 Å². The van der Waals surface area contributed by atoms with Crippen molar-refractivity contribution in [3.8, 4) is 0 Å². The van der Waals surface area contributed by atoms with Crippen LogP contribution in [0.3, 0.4) is 0 Å². The van der Waals surface area contributed by atoms with Crippen LogP contribution in [0.25, 0.3) is 0 Å². The van der Waals surface area contributed by atoms with E-state index < -0.39 is 5.60 Å². The van der Waals surface area contributed by atoms with E-state index in [-0.39, 0.29) is 6.09 Å². The van der Waals surface area contributed by atoms with Crippen molar-refractivity contribution in [2.24, 2.45) is 0 Å². The first-order chi connectivity index (χ1) is 7.85. The molecule has 0 radical (unpaired) electrons. The van der Waals surface area contributed by atoms with Crippen molar-refractivity contribution in [1.29, 1.82) is 0 Å². The Hall–Kier alpha value is -0.850. The number of rotatable bonds is 0. The molecule has 1 aromatic rings. The highest BCUT2D eigenvalue weighted by atomic mass is 127. The summed E-state index contributed by atoms with van der Waals surface area (Å²) in [5.41, 5.74) is 1.63. The van der Waals surface area contributed by atoms with Gasteiger partial charge in [-0.25, -0.2) is 9.78 Å². The van der Waals surface area contributed by atoms with E-state index in [4.69, 9.17) is 4.74 Å². The number of fused-ring (bicyclic) bond motifs is 1. The molecule has 0 saturated heterocycles. The Morgan fingerprint density at radius 1 is 1.41 bits per heavy atom. The van der Waals surface area contributed by atoms with Gasteiger partial charge in [0.25, 0.3) is 0 Å². The highest BCUT2D eigenvalue weighted by Crippen LogP contribution is 2.23. The van der Waals surface area contributed by atoms with Crippen molar-refractivity contribution in [2.45, 2.75) is 39.5 Å². The lowest BCUT2D eigenvalue weighted by Crippen LogP contribution is -2.33. The maximum absolute atomic E-state index is 11.9. The number of halogens is 1. The lowest BCUT2D eigenvalue weighted by Gasteiger charge is -2.23. The smallest absolute Gasteiger partial charge is 0.410 e. The predicted molar refractivity (Wildman–Crippen MR) is 72.4 cm³/mol. The van der Waals surface area contributed by atoms with E-state index in [0.717, 1.165) is 15.0 Å². The molecular weight excluding hydrogens is 331 g/mol. The summed E-state index contributed by atoms with van der Waals surface area (Å²) in [5, 5.41) is 0. The second-order valence-corrected chi connectivity index (χ2v) is 6.18. The normalized spacial score (nSPS) is 14.7. The van der Waals surface area contributed by atoms with Gasteiger partial charge in [-0.05, 0) is 55.0 Å². The summed E-state index contributed by atoms with van der Waals surface area (Å²) in [5.74, 6) is 0. The molecule has 0 fully saturated rings. The zero-order valence-corrected chi connectivity index (χ0v) is 12.3. The average Bonchev–Trinajstić information content (AvgIpc) is 2.57. The molecule has 17 heavy (non-hydrogen) atoms. The zero-order valence-electron chi connectivity index (χ0n) is 10.2. The minimum absolute atomic E-state index is 0.273. The van der Waals surface area contributed by atoms with Crippen molar-refractivity contribution in [3.05, 3.63) is 27.1 Å². The maximum atomic E-state index is 11.9. The number of hydrogen-bond acceptors (Lipinski definition) is 3.